The van der Waals surface area contributed by atoms with Crippen LogP contribution in [0.3, 0.4) is 0 Å². The zero-order chi connectivity index (χ0) is 15.9. The van der Waals surface area contributed by atoms with Crippen molar-refractivity contribution in [1.82, 2.24) is 20.7 Å². The van der Waals surface area contributed by atoms with Crippen molar-refractivity contribution in [2.24, 2.45) is 0 Å². The number of hydrogen-bond donors (Lipinski definition) is 3. The second kappa shape index (κ2) is 5.18. The molecule has 0 unspecified atom stereocenters. The summed E-state index contributed by atoms with van der Waals surface area (Å²) in [5.74, 6) is -0.514. The number of fused-ring (bicyclic) bond motifs is 1. The third-order valence-electron chi connectivity index (χ3n) is 3.59. The predicted octanol–water partition coefficient (Wildman–Crippen LogP) is 1.49. The molecule has 114 valence electrons. The number of urea groups is 1. The Hall–Kier alpha value is -2.83. The van der Waals surface area contributed by atoms with E-state index in [4.69, 9.17) is 0 Å². The normalized spacial score (nSPS) is 14.8. The first-order chi connectivity index (χ1) is 10.4. The molecule has 1 saturated heterocycles. The van der Waals surface area contributed by atoms with Crippen molar-refractivity contribution in [3.63, 3.8) is 0 Å². The molecule has 3 N–H and O–H groups in total. The van der Waals surface area contributed by atoms with Crippen LogP contribution in [-0.2, 0) is 4.79 Å². The third kappa shape index (κ3) is 2.52. The van der Waals surface area contributed by atoms with E-state index in [9.17, 15) is 14.4 Å². The Morgan fingerprint density at radius 3 is 2.68 bits per heavy atom. The van der Waals surface area contributed by atoms with Gasteiger partial charge in [-0.05, 0) is 23.6 Å². The van der Waals surface area contributed by atoms with Crippen LogP contribution in [0.4, 0.5) is 4.79 Å². The molecule has 7 nitrogen and oxygen atoms in total. The number of carbonyl (C=O) groups excluding carboxylic acids is 3. The SMILES string of the molecule is CC(C)c1ccc2cc(C(=O)NN3CC(=O)NC3=O)[nH]c2c1. The van der Waals surface area contributed by atoms with Crippen molar-refractivity contribution >= 4 is 28.7 Å². The average Bonchev–Trinajstić information content (AvgIpc) is 3.01. The maximum atomic E-state index is 12.2. The largest absolute Gasteiger partial charge is 0.350 e. The van der Waals surface area contributed by atoms with Gasteiger partial charge < -0.3 is 4.98 Å². The standard InChI is InChI=1S/C15H16N4O3/c1-8(2)9-3-4-10-6-12(16-11(10)5-9)14(21)18-19-7-13(20)17-15(19)22/h3-6,8,16H,7H2,1-2H3,(H,18,21)(H,17,20,22). The molecule has 2 heterocycles. The first-order valence-electron chi connectivity index (χ1n) is 6.99. The highest BCUT2D eigenvalue weighted by atomic mass is 16.2. The fourth-order valence-electron chi connectivity index (χ4n) is 2.34. The molecular weight excluding hydrogens is 284 g/mol. The van der Waals surface area contributed by atoms with E-state index in [-0.39, 0.29) is 6.54 Å². The van der Waals surface area contributed by atoms with Crippen molar-refractivity contribution in [2.75, 3.05) is 6.54 Å². The summed E-state index contributed by atoms with van der Waals surface area (Å²) in [5.41, 5.74) is 4.77. The zero-order valence-corrected chi connectivity index (χ0v) is 12.3. The number of carbonyl (C=O) groups is 3. The summed E-state index contributed by atoms with van der Waals surface area (Å²) in [5, 5.41) is 3.96. The van der Waals surface area contributed by atoms with E-state index in [1.54, 1.807) is 6.07 Å². The molecule has 3 rings (SSSR count). The highest BCUT2D eigenvalue weighted by Gasteiger charge is 2.28. The van der Waals surface area contributed by atoms with Crippen LogP contribution < -0.4 is 10.7 Å². The second-order valence-corrected chi connectivity index (χ2v) is 5.56. The van der Waals surface area contributed by atoms with E-state index < -0.39 is 17.8 Å². The van der Waals surface area contributed by atoms with Crippen LogP contribution in [-0.4, -0.2) is 34.4 Å². The average molecular weight is 300 g/mol. The number of H-pyrrole nitrogens is 1. The minimum Gasteiger partial charge on any atom is -0.350 e. The van der Waals surface area contributed by atoms with Gasteiger partial charge in [-0.2, -0.15) is 0 Å². The van der Waals surface area contributed by atoms with E-state index in [1.807, 2.05) is 18.2 Å². The van der Waals surface area contributed by atoms with E-state index in [1.165, 1.54) is 5.56 Å². The summed E-state index contributed by atoms with van der Waals surface area (Å²) in [6.45, 7) is 4.02. The molecule has 0 atom stereocenters. The van der Waals surface area contributed by atoms with Gasteiger partial charge in [0, 0.05) is 10.9 Å². The van der Waals surface area contributed by atoms with E-state index in [0.29, 0.717) is 11.6 Å². The highest BCUT2D eigenvalue weighted by Crippen LogP contribution is 2.22. The molecule has 0 bridgehead atoms. The topological polar surface area (TPSA) is 94.3 Å². The number of amides is 4. The van der Waals surface area contributed by atoms with Gasteiger partial charge in [-0.3, -0.25) is 20.3 Å². The van der Waals surface area contributed by atoms with Crippen molar-refractivity contribution in [2.45, 2.75) is 19.8 Å². The van der Waals surface area contributed by atoms with Crippen LogP contribution in [0.15, 0.2) is 24.3 Å². The number of aromatic nitrogens is 1. The Bertz CT molecular complexity index is 778. The van der Waals surface area contributed by atoms with Crippen molar-refractivity contribution in [3.05, 3.63) is 35.5 Å². The van der Waals surface area contributed by atoms with Gasteiger partial charge in [0.15, 0.2) is 0 Å². The maximum absolute atomic E-state index is 12.2. The molecule has 1 fully saturated rings. The summed E-state index contributed by atoms with van der Waals surface area (Å²) in [6.07, 6.45) is 0. The van der Waals surface area contributed by atoms with Crippen LogP contribution in [0.25, 0.3) is 10.9 Å². The highest BCUT2D eigenvalue weighted by molar-refractivity contribution is 6.04. The molecule has 1 aromatic carbocycles. The quantitative estimate of drug-likeness (QED) is 0.749. The Morgan fingerprint density at radius 1 is 1.27 bits per heavy atom. The molecule has 4 amide bonds. The number of hydrogen-bond acceptors (Lipinski definition) is 3. The Labute approximate surface area is 126 Å². The summed E-state index contributed by atoms with van der Waals surface area (Å²) in [7, 11) is 0. The molecule has 2 aromatic rings. The lowest BCUT2D eigenvalue weighted by atomic mass is 10.0. The number of rotatable bonds is 3. The van der Waals surface area contributed by atoms with Gasteiger partial charge in [-0.25, -0.2) is 9.80 Å². The van der Waals surface area contributed by atoms with Crippen molar-refractivity contribution in [3.8, 4) is 0 Å². The Kier molecular flexibility index (Phi) is 3.32. The lowest BCUT2D eigenvalue weighted by Crippen LogP contribution is -2.44. The van der Waals surface area contributed by atoms with Crippen LogP contribution in [0.1, 0.15) is 35.8 Å². The summed E-state index contributed by atoms with van der Waals surface area (Å²) in [4.78, 5) is 37.7. The second-order valence-electron chi connectivity index (χ2n) is 5.56. The summed E-state index contributed by atoms with van der Waals surface area (Å²) in [6, 6.07) is 7.06. The van der Waals surface area contributed by atoms with Gasteiger partial charge >= 0.3 is 6.03 Å². The number of hydrazine groups is 1. The van der Waals surface area contributed by atoms with Gasteiger partial charge in [-0.1, -0.05) is 26.0 Å². The van der Waals surface area contributed by atoms with Crippen LogP contribution >= 0.6 is 0 Å². The van der Waals surface area contributed by atoms with Crippen molar-refractivity contribution < 1.29 is 14.4 Å². The third-order valence-corrected chi connectivity index (χ3v) is 3.59. The molecule has 0 radical (unpaired) electrons. The first kappa shape index (κ1) is 14.1. The van der Waals surface area contributed by atoms with E-state index in [0.717, 1.165) is 15.9 Å². The molecule has 1 aliphatic rings. The van der Waals surface area contributed by atoms with Gasteiger partial charge in [0.1, 0.15) is 12.2 Å². The van der Waals surface area contributed by atoms with Crippen molar-refractivity contribution in [1.29, 1.82) is 0 Å². The summed E-state index contributed by atoms with van der Waals surface area (Å²) < 4.78 is 0. The van der Waals surface area contributed by atoms with Gasteiger partial charge in [-0.15, -0.1) is 0 Å². The molecular formula is C15H16N4O3. The lowest BCUT2D eigenvalue weighted by Gasteiger charge is -2.13. The number of imide groups is 1. The van der Waals surface area contributed by atoms with Crippen LogP contribution in [0.5, 0.6) is 0 Å². The fraction of sp³-hybridized carbons (Fsp3) is 0.267. The molecule has 7 heteroatoms. The minimum absolute atomic E-state index is 0.178. The fourth-order valence-corrected chi connectivity index (χ4v) is 2.34. The summed E-state index contributed by atoms with van der Waals surface area (Å²) >= 11 is 0. The molecule has 0 spiro atoms. The molecule has 1 aliphatic heterocycles. The van der Waals surface area contributed by atoms with Crippen LogP contribution in [0, 0.1) is 0 Å². The van der Waals surface area contributed by atoms with E-state index in [2.05, 4.69) is 29.6 Å². The lowest BCUT2D eigenvalue weighted by molar-refractivity contribution is -0.118. The predicted molar refractivity (Wildman–Crippen MR) is 80.1 cm³/mol. The van der Waals surface area contributed by atoms with Gasteiger partial charge in [0.2, 0.25) is 5.91 Å². The Balaban J connectivity index is 1.82. The number of benzene rings is 1. The van der Waals surface area contributed by atoms with E-state index >= 15 is 0 Å². The van der Waals surface area contributed by atoms with Gasteiger partial charge in [0.25, 0.3) is 5.91 Å². The monoisotopic (exact) mass is 300 g/mol. The number of nitrogens with zero attached hydrogens (tertiary/aromatic N) is 1. The Morgan fingerprint density at radius 2 is 2.05 bits per heavy atom. The zero-order valence-electron chi connectivity index (χ0n) is 12.3. The molecule has 1 aromatic heterocycles. The first-order valence-corrected chi connectivity index (χ1v) is 6.99. The van der Waals surface area contributed by atoms with Crippen LogP contribution in [0.2, 0.25) is 0 Å². The maximum Gasteiger partial charge on any atom is 0.343 e. The smallest absolute Gasteiger partial charge is 0.343 e. The minimum atomic E-state index is -0.628. The van der Waals surface area contributed by atoms with Gasteiger partial charge in [0.05, 0.1) is 0 Å². The molecule has 0 saturated carbocycles. The number of nitrogens with one attached hydrogen (secondary N) is 3. The number of aromatic amines is 1. The molecule has 22 heavy (non-hydrogen) atoms. The molecule has 0 aliphatic carbocycles.